The van der Waals surface area contributed by atoms with Gasteiger partial charge in [-0.1, -0.05) is 29.8 Å². The third kappa shape index (κ3) is 3.37. The Morgan fingerprint density at radius 1 is 1.29 bits per heavy atom. The number of aromatic hydroxyl groups is 1. The highest BCUT2D eigenvalue weighted by atomic mass is 35.5. The molecule has 0 fully saturated rings. The van der Waals surface area contributed by atoms with Crippen molar-refractivity contribution in [3.8, 4) is 5.88 Å². The first-order valence-corrected chi connectivity index (χ1v) is 9.17. The van der Waals surface area contributed by atoms with E-state index in [0.29, 0.717) is 10.8 Å². The summed E-state index contributed by atoms with van der Waals surface area (Å²) in [5, 5.41) is 11.7. The van der Waals surface area contributed by atoms with E-state index in [1.54, 1.807) is 0 Å². The van der Waals surface area contributed by atoms with Crippen molar-refractivity contribution < 1.29 is 14.6 Å². The summed E-state index contributed by atoms with van der Waals surface area (Å²) in [4.78, 5) is 16.3. The molecule has 0 amide bonds. The molecule has 126 valence electrons. The van der Waals surface area contributed by atoms with Crippen molar-refractivity contribution in [2.75, 3.05) is 7.11 Å². The Labute approximate surface area is 150 Å². The van der Waals surface area contributed by atoms with E-state index in [2.05, 4.69) is 4.98 Å². The minimum atomic E-state index is -0.527. The molecule has 24 heavy (non-hydrogen) atoms. The topological polar surface area (TPSA) is 59.4 Å². The minimum Gasteiger partial charge on any atom is -0.493 e. The lowest BCUT2D eigenvalue weighted by atomic mass is 9.90. The number of halogens is 1. The highest BCUT2D eigenvalue weighted by Gasteiger charge is 2.26. The summed E-state index contributed by atoms with van der Waals surface area (Å²) in [6.45, 7) is 0. The van der Waals surface area contributed by atoms with E-state index < -0.39 is 5.97 Å². The van der Waals surface area contributed by atoms with Gasteiger partial charge in [-0.3, -0.25) is 0 Å². The molecule has 0 bridgehead atoms. The van der Waals surface area contributed by atoms with Gasteiger partial charge in [0.25, 0.3) is 0 Å². The lowest BCUT2D eigenvalue weighted by Gasteiger charge is -2.21. The molecule has 0 aliphatic heterocycles. The van der Waals surface area contributed by atoms with E-state index in [1.165, 1.54) is 18.9 Å². The first kappa shape index (κ1) is 17.1. The summed E-state index contributed by atoms with van der Waals surface area (Å²) >= 11 is 7.74. The van der Waals surface area contributed by atoms with E-state index in [4.69, 9.17) is 16.3 Å². The normalized spacial score (nSPS) is 13.4. The van der Waals surface area contributed by atoms with E-state index in [9.17, 15) is 9.90 Å². The lowest BCUT2D eigenvalue weighted by molar-refractivity contribution is 0.0594. The van der Waals surface area contributed by atoms with Gasteiger partial charge in [0.15, 0.2) is 0 Å². The molecule has 2 aromatic rings. The van der Waals surface area contributed by atoms with Gasteiger partial charge in [0.1, 0.15) is 10.6 Å². The van der Waals surface area contributed by atoms with Gasteiger partial charge in [0.2, 0.25) is 5.88 Å². The summed E-state index contributed by atoms with van der Waals surface area (Å²) in [5.74, 6) is -0.110. The smallest absolute Gasteiger partial charge is 0.343 e. The van der Waals surface area contributed by atoms with Crippen molar-refractivity contribution >= 4 is 29.3 Å². The molecular weight excluding hydrogens is 346 g/mol. The van der Waals surface area contributed by atoms with Gasteiger partial charge in [-0.25, -0.2) is 9.78 Å². The first-order chi connectivity index (χ1) is 11.6. The molecule has 0 radical (unpaired) electrons. The van der Waals surface area contributed by atoms with Crippen molar-refractivity contribution in [3.05, 3.63) is 51.5 Å². The molecule has 0 saturated heterocycles. The quantitative estimate of drug-likeness (QED) is 0.644. The van der Waals surface area contributed by atoms with Gasteiger partial charge in [-0.2, -0.15) is 0 Å². The summed E-state index contributed by atoms with van der Waals surface area (Å²) in [6.07, 6.45) is 3.67. The van der Waals surface area contributed by atoms with E-state index >= 15 is 0 Å². The van der Waals surface area contributed by atoms with Crippen molar-refractivity contribution in [3.63, 3.8) is 0 Å². The van der Waals surface area contributed by atoms with Crippen molar-refractivity contribution in [1.29, 1.82) is 0 Å². The number of benzene rings is 1. The SMILES string of the molecule is COC(=O)c1c(O)nc(SCc2ccccc2Cl)c2c1CCCC2. The molecule has 1 N–H and O–H groups in total. The Balaban J connectivity index is 1.95. The van der Waals surface area contributed by atoms with Crippen LogP contribution in [-0.4, -0.2) is 23.2 Å². The predicted molar refractivity (Wildman–Crippen MR) is 94.9 cm³/mol. The van der Waals surface area contributed by atoms with Gasteiger partial charge in [0, 0.05) is 10.8 Å². The fourth-order valence-corrected chi connectivity index (χ4v) is 4.35. The third-order valence-electron chi connectivity index (χ3n) is 4.17. The van der Waals surface area contributed by atoms with Crippen LogP contribution in [-0.2, 0) is 23.3 Å². The maximum atomic E-state index is 12.0. The summed E-state index contributed by atoms with van der Waals surface area (Å²) < 4.78 is 4.80. The van der Waals surface area contributed by atoms with Crippen LogP contribution in [0.3, 0.4) is 0 Å². The van der Waals surface area contributed by atoms with Crippen LogP contribution in [0.5, 0.6) is 5.88 Å². The Bertz CT molecular complexity index is 779. The van der Waals surface area contributed by atoms with Crippen molar-refractivity contribution in [2.45, 2.75) is 36.5 Å². The second kappa shape index (κ2) is 7.45. The molecule has 1 aliphatic carbocycles. The maximum Gasteiger partial charge on any atom is 0.343 e. The average molecular weight is 364 g/mol. The zero-order chi connectivity index (χ0) is 17.1. The first-order valence-electron chi connectivity index (χ1n) is 7.81. The van der Waals surface area contributed by atoms with Crippen LogP contribution >= 0.6 is 23.4 Å². The standard InChI is InChI=1S/C18H18ClNO3S/c1-23-18(22)15-12-7-3-4-8-13(12)17(20-16(15)21)24-10-11-6-2-5-9-14(11)19/h2,5-6,9H,3-4,7-8,10H2,1H3,(H,20,21). The number of methoxy groups -OCH3 is 1. The highest BCUT2D eigenvalue weighted by Crippen LogP contribution is 2.37. The number of esters is 1. The minimum absolute atomic E-state index is 0.217. The van der Waals surface area contributed by atoms with Crippen molar-refractivity contribution in [1.82, 2.24) is 4.98 Å². The number of aromatic nitrogens is 1. The number of carbonyl (C=O) groups is 1. The molecule has 1 aliphatic rings. The van der Waals surface area contributed by atoms with E-state index in [0.717, 1.165) is 47.4 Å². The fraction of sp³-hybridized carbons (Fsp3) is 0.333. The number of rotatable bonds is 4. The summed E-state index contributed by atoms with van der Waals surface area (Å²) in [7, 11) is 1.32. The lowest BCUT2D eigenvalue weighted by Crippen LogP contribution is -2.14. The second-order valence-electron chi connectivity index (χ2n) is 5.65. The average Bonchev–Trinajstić information content (AvgIpc) is 2.60. The number of ether oxygens (including phenoxy) is 1. The van der Waals surface area contributed by atoms with Crippen LogP contribution in [0.15, 0.2) is 29.3 Å². The zero-order valence-electron chi connectivity index (χ0n) is 13.3. The molecule has 0 unspecified atom stereocenters. The van der Waals surface area contributed by atoms with Crippen LogP contribution in [0.2, 0.25) is 5.02 Å². The Kier molecular flexibility index (Phi) is 5.31. The fourth-order valence-electron chi connectivity index (χ4n) is 2.97. The number of hydrogen-bond donors (Lipinski definition) is 1. The molecule has 0 saturated carbocycles. The van der Waals surface area contributed by atoms with E-state index in [1.807, 2.05) is 24.3 Å². The monoisotopic (exact) mass is 363 g/mol. The van der Waals surface area contributed by atoms with Gasteiger partial charge < -0.3 is 9.84 Å². The van der Waals surface area contributed by atoms with Crippen LogP contribution < -0.4 is 0 Å². The number of fused-ring (bicyclic) bond motifs is 1. The molecule has 4 nitrogen and oxygen atoms in total. The molecule has 1 aromatic carbocycles. The Morgan fingerprint density at radius 2 is 2.00 bits per heavy atom. The Hall–Kier alpha value is -1.72. The van der Waals surface area contributed by atoms with E-state index in [-0.39, 0.29) is 11.4 Å². The molecule has 0 spiro atoms. The number of nitrogens with zero attached hydrogens (tertiary/aromatic N) is 1. The largest absolute Gasteiger partial charge is 0.493 e. The molecule has 1 aromatic heterocycles. The van der Waals surface area contributed by atoms with Gasteiger partial charge in [-0.15, -0.1) is 11.8 Å². The molecular formula is C18H18ClNO3S. The molecule has 6 heteroatoms. The van der Waals surface area contributed by atoms with Gasteiger partial charge >= 0.3 is 5.97 Å². The van der Waals surface area contributed by atoms with Crippen LogP contribution in [0.4, 0.5) is 0 Å². The number of thioether (sulfide) groups is 1. The number of hydrogen-bond acceptors (Lipinski definition) is 5. The second-order valence-corrected chi connectivity index (χ2v) is 7.02. The highest BCUT2D eigenvalue weighted by molar-refractivity contribution is 7.98. The van der Waals surface area contributed by atoms with Crippen molar-refractivity contribution in [2.24, 2.45) is 0 Å². The number of pyridine rings is 1. The Morgan fingerprint density at radius 3 is 2.71 bits per heavy atom. The summed E-state index contributed by atoms with van der Waals surface area (Å²) in [6, 6.07) is 7.68. The number of carbonyl (C=O) groups excluding carboxylic acids is 1. The predicted octanol–water partition coefficient (Wildman–Crippen LogP) is 4.40. The van der Waals surface area contributed by atoms with Crippen LogP contribution in [0.25, 0.3) is 0 Å². The summed E-state index contributed by atoms with van der Waals surface area (Å²) in [5.41, 5.74) is 3.17. The van der Waals surface area contributed by atoms with Gasteiger partial charge in [-0.05, 0) is 48.4 Å². The van der Waals surface area contributed by atoms with Crippen LogP contribution in [0.1, 0.15) is 39.9 Å². The van der Waals surface area contributed by atoms with Gasteiger partial charge in [0.05, 0.1) is 7.11 Å². The van der Waals surface area contributed by atoms with Crippen LogP contribution in [0, 0.1) is 0 Å². The molecule has 1 heterocycles. The molecule has 3 rings (SSSR count). The zero-order valence-corrected chi connectivity index (χ0v) is 14.9. The third-order valence-corrected chi connectivity index (χ3v) is 5.61. The maximum absolute atomic E-state index is 12.0. The molecule has 0 atom stereocenters.